The third-order valence-electron chi connectivity index (χ3n) is 3.89. The fourth-order valence-corrected chi connectivity index (χ4v) is 2.47. The molecule has 0 atom stereocenters. The number of hydrogen-bond acceptors (Lipinski definition) is 5. The predicted octanol–water partition coefficient (Wildman–Crippen LogP) is 4.71. The smallest absolute Gasteiger partial charge is 0.338 e. The zero-order valence-electron chi connectivity index (χ0n) is 16.5. The first-order valence-electron chi connectivity index (χ1n) is 9.03. The van der Waals surface area contributed by atoms with Gasteiger partial charge in [0.1, 0.15) is 5.82 Å². The normalized spacial score (nSPS) is 10.6. The summed E-state index contributed by atoms with van der Waals surface area (Å²) in [6, 6.07) is 8.43. The lowest BCUT2D eigenvalue weighted by atomic mass is 10.1. The highest BCUT2D eigenvalue weighted by molar-refractivity contribution is 6.30. The number of carbonyl (C=O) groups excluding carboxylic acids is 2. The molecule has 1 N–H and O–H groups in total. The van der Waals surface area contributed by atoms with Crippen LogP contribution in [0.1, 0.15) is 30.6 Å². The van der Waals surface area contributed by atoms with Gasteiger partial charge in [0.2, 0.25) is 0 Å². The third kappa shape index (κ3) is 6.94. The molecule has 2 aromatic rings. The van der Waals surface area contributed by atoms with Crippen molar-refractivity contribution < 1.29 is 28.2 Å². The van der Waals surface area contributed by atoms with Crippen molar-refractivity contribution in [3.05, 3.63) is 52.8 Å². The van der Waals surface area contributed by atoms with Crippen LogP contribution in [-0.2, 0) is 9.53 Å². The molecule has 156 valence electrons. The van der Waals surface area contributed by atoms with Crippen molar-refractivity contribution in [2.45, 2.75) is 20.3 Å². The highest BCUT2D eigenvalue weighted by atomic mass is 35.5. The SMILES string of the molecule is COc1cc(C(=O)OCC(=O)Nc2ccc(Cl)cc2F)ccc1OCCC(C)C. The molecule has 0 saturated carbocycles. The molecule has 29 heavy (non-hydrogen) atoms. The van der Waals surface area contributed by atoms with Gasteiger partial charge in [0.25, 0.3) is 5.91 Å². The minimum atomic E-state index is -0.719. The van der Waals surface area contributed by atoms with Gasteiger partial charge in [-0.25, -0.2) is 9.18 Å². The molecule has 0 aliphatic carbocycles. The van der Waals surface area contributed by atoms with Crippen molar-refractivity contribution >= 4 is 29.2 Å². The van der Waals surface area contributed by atoms with Crippen molar-refractivity contribution in [2.75, 3.05) is 25.6 Å². The molecule has 0 aliphatic heterocycles. The van der Waals surface area contributed by atoms with Gasteiger partial charge in [-0.1, -0.05) is 25.4 Å². The molecular formula is C21H23ClFNO5. The van der Waals surface area contributed by atoms with E-state index in [2.05, 4.69) is 19.2 Å². The second-order valence-electron chi connectivity index (χ2n) is 6.65. The van der Waals surface area contributed by atoms with Crippen LogP contribution in [0.15, 0.2) is 36.4 Å². The molecular weight excluding hydrogens is 401 g/mol. The van der Waals surface area contributed by atoms with Gasteiger partial charge in [-0.15, -0.1) is 0 Å². The predicted molar refractivity (Wildman–Crippen MR) is 108 cm³/mol. The molecule has 0 heterocycles. The summed E-state index contributed by atoms with van der Waals surface area (Å²) in [5.74, 6) is -0.682. The van der Waals surface area contributed by atoms with Crippen LogP contribution < -0.4 is 14.8 Å². The van der Waals surface area contributed by atoms with Crippen LogP contribution in [0.3, 0.4) is 0 Å². The maximum Gasteiger partial charge on any atom is 0.338 e. The number of halogens is 2. The number of esters is 1. The maximum absolute atomic E-state index is 13.7. The summed E-state index contributed by atoms with van der Waals surface area (Å²) in [7, 11) is 1.47. The van der Waals surface area contributed by atoms with E-state index < -0.39 is 24.3 Å². The monoisotopic (exact) mass is 423 g/mol. The summed E-state index contributed by atoms with van der Waals surface area (Å²) in [6.07, 6.45) is 0.885. The third-order valence-corrected chi connectivity index (χ3v) is 4.13. The van der Waals surface area contributed by atoms with Crippen LogP contribution in [0.25, 0.3) is 0 Å². The molecule has 0 saturated heterocycles. The van der Waals surface area contributed by atoms with Crippen molar-refractivity contribution in [1.29, 1.82) is 0 Å². The first kappa shape index (κ1) is 22.5. The molecule has 2 rings (SSSR count). The molecule has 8 heteroatoms. The highest BCUT2D eigenvalue weighted by Crippen LogP contribution is 2.28. The average molecular weight is 424 g/mol. The lowest BCUT2D eigenvalue weighted by molar-refractivity contribution is -0.119. The number of nitrogens with one attached hydrogen (secondary N) is 1. The number of anilines is 1. The number of ether oxygens (including phenoxy) is 3. The minimum absolute atomic E-state index is 0.0555. The Bertz CT molecular complexity index is 872. The van der Waals surface area contributed by atoms with E-state index in [0.717, 1.165) is 12.5 Å². The fraction of sp³-hybridized carbons (Fsp3) is 0.333. The van der Waals surface area contributed by atoms with E-state index in [0.29, 0.717) is 24.0 Å². The number of rotatable bonds is 9. The van der Waals surface area contributed by atoms with Crippen LogP contribution in [0, 0.1) is 11.7 Å². The van der Waals surface area contributed by atoms with E-state index in [9.17, 15) is 14.0 Å². The van der Waals surface area contributed by atoms with E-state index >= 15 is 0 Å². The zero-order valence-corrected chi connectivity index (χ0v) is 17.2. The van der Waals surface area contributed by atoms with E-state index in [1.54, 1.807) is 6.07 Å². The van der Waals surface area contributed by atoms with Crippen LogP contribution in [0.5, 0.6) is 11.5 Å². The van der Waals surface area contributed by atoms with Crippen LogP contribution in [-0.4, -0.2) is 32.2 Å². The van der Waals surface area contributed by atoms with E-state index in [-0.39, 0.29) is 16.3 Å². The Hall–Kier alpha value is -2.80. The lowest BCUT2D eigenvalue weighted by Crippen LogP contribution is -2.21. The zero-order chi connectivity index (χ0) is 21.4. The van der Waals surface area contributed by atoms with Gasteiger partial charge < -0.3 is 19.5 Å². The largest absolute Gasteiger partial charge is 0.493 e. The Balaban J connectivity index is 1.93. The summed E-state index contributed by atoms with van der Waals surface area (Å²) >= 11 is 5.66. The maximum atomic E-state index is 13.7. The van der Waals surface area contributed by atoms with Crippen LogP contribution >= 0.6 is 11.6 Å². The second-order valence-corrected chi connectivity index (χ2v) is 7.08. The molecule has 0 radical (unpaired) electrons. The second kappa shape index (κ2) is 10.7. The molecule has 0 spiro atoms. The molecule has 6 nitrogen and oxygen atoms in total. The summed E-state index contributed by atoms with van der Waals surface area (Å²) in [4.78, 5) is 24.1. The van der Waals surface area contributed by atoms with Gasteiger partial charge in [-0.3, -0.25) is 4.79 Å². The number of hydrogen-bond donors (Lipinski definition) is 1. The highest BCUT2D eigenvalue weighted by Gasteiger charge is 2.15. The van der Waals surface area contributed by atoms with Crippen molar-refractivity contribution in [3.8, 4) is 11.5 Å². The quantitative estimate of drug-likeness (QED) is 0.591. The number of amides is 1. The van der Waals surface area contributed by atoms with Crippen molar-refractivity contribution in [3.63, 3.8) is 0 Å². The van der Waals surface area contributed by atoms with Gasteiger partial charge >= 0.3 is 5.97 Å². The van der Waals surface area contributed by atoms with E-state index in [1.807, 2.05) is 0 Å². The summed E-state index contributed by atoms with van der Waals surface area (Å²) in [6.45, 7) is 4.14. The molecule has 2 aromatic carbocycles. The number of carbonyl (C=O) groups is 2. The number of benzene rings is 2. The van der Waals surface area contributed by atoms with E-state index in [1.165, 1.54) is 31.4 Å². The Morgan fingerprint density at radius 1 is 1.14 bits per heavy atom. The first-order chi connectivity index (χ1) is 13.8. The van der Waals surface area contributed by atoms with Gasteiger partial charge in [-0.2, -0.15) is 0 Å². The standard InChI is InChI=1S/C21H23ClFNO5/c1-13(2)8-9-28-18-7-4-14(10-19(18)27-3)21(26)29-12-20(25)24-17-6-5-15(22)11-16(17)23/h4-7,10-11,13H,8-9,12H2,1-3H3,(H,24,25). The molecule has 0 aliphatic rings. The Morgan fingerprint density at radius 2 is 1.90 bits per heavy atom. The van der Waals surface area contributed by atoms with Crippen molar-refractivity contribution in [2.24, 2.45) is 5.92 Å². The lowest BCUT2D eigenvalue weighted by Gasteiger charge is -2.13. The fourth-order valence-electron chi connectivity index (χ4n) is 2.31. The molecule has 1 amide bonds. The van der Waals surface area contributed by atoms with Crippen LogP contribution in [0.2, 0.25) is 5.02 Å². The summed E-state index contributed by atoms with van der Waals surface area (Å²) in [5.41, 5.74) is 0.142. The van der Waals surface area contributed by atoms with Gasteiger partial charge in [0.05, 0.1) is 25.0 Å². The Kier molecular flexibility index (Phi) is 8.27. The summed E-state index contributed by atoms with van der Waals surface area (Å²) in [5, 5.41) is 2.52. The number of methoxy groups -OCH3 is 1. The van der Waals surface area contributed by atoms with Gasteiger partial charge in [0.15, 0.2) is 18.1 Å². The minimum Gasteiger partial charge on any atom is -0.493 e. The Morgan fingerprint density at radius 3 is 2.55 bits per heavy atom. The molecule has 0 bridgehead atoms. The molecule has 0 aromatic heterocycles. The van der Waals surface area contributed by atoms with Crippen LogP contribution in [0.4, 0.5) is 10.1 Å². The Labute approximate surface area is 173 Å². The van der Waals surface area contributed by atoms with E-state index in [4.69, 9.17) is 25.8 Å². The molecule has 0 fully saturated rings. The van der Waals surface area contributed by atoms with Gasteiger partial charge in [0, 0.05) is 5.02 Å². The average Bonchev–Trinajstić information content (AvgIpc) is 2.68. The first-order valence-corrected chi connectivity index (χ1v) is 9.40. The topological polar surface area (TPSA) is 73.9 Å². The van der Waals surface area contributed by atoms with Crippen molar-refractivity contribution in [1.82, 2.24) is 0 Å². The summed E-state index contributed by atoms with van der Waals surface area (Å²) < 4.78 is 29.6. The van der Waals surface area contributed by atoms with Gasteiger partial charge in [-0.05, 0) is 48.7 Å². The molecule has 0 unspecified atom stereocenters.